The Hall–Kier alpha value is -1.56. The van der Waals surface area contributed by atoms with Gasteiger partial charge in [-0.2, -0.15) is 5.10 Å². The van der Waals surface area contributed by atoms with Gasteiger partial charge in [-0.3, -0.25) is 9.48 Å². The molecule has 0 aromatic carbocycles. The predicted octanol–water partition coefficient (Wildman–Crippen LogP) is 0.456. The molecule has 0 aliphatic heterocycles. The van der Waals surface area contributed by atoms with Crippen LogP contribution in [-0.2, 0) is 11.3 Å². The Bertz CT molecular complexity index is 411. The van der Waals surface area contributed by atoms with Crippen molar-refractivity contribution in [1.29, 1.82) is 0 Å². The van der Waals surface area contributed by atoms with Gasteiger partial charge >= 0.3 is 0 Å². The third kappa shape index (κ3) is 4.24. The average molecular weight is 265 g/mol. The number of carbonyl (C=O) groups excluding carboxylic acids is 1. The molecular weight excluding hydrogens is 242 g/mol. The Labute approximate surface area is 113 Å². The van der Waals surface area contributed by atoms with E-state index in [1.165, 1.54) is 25.7 Å². The van der Waals surface area contributed by atoms with Crippen LogP contribution in [0.4, 0.5) is 5.69 Å². The minimum atomic E-state index is -0.0251. The molecule has 0 saturated heterocycles. The number of hydrogen-bond donors (Lipinski definition) is 2. The van der Waals surface area contributed by atoms with E-state index in [2.05, 4.69) is 22.4 Å². The molecular formula is C13H23N5O. The lowest BCUT2D eigenvalue weighted by Crippen LogP contribution is -2.38. The molecule has 1 fully saturated rings. The molecule has 0 atom stereocenters. The van der Waals surface area contributed by atoms with Crippen molar-refractivity contribution >= 4 is 11.6 Å². The molecule has 19 heavy (non-hydrogen) atoms. The number of aromatic nitrogens is 2. The van der Waals surface area contributed by atoms with Gasteiger partial charge in [-0.25, -0.2) is 0 Å². The molecule has 0 spiro atoms. The number of amides is 1. The van der Waals surface area contributed by atoms with Crippen LogP contribution in [0.2, 0.25) is 0 Å². The first-order chi connectivity index (χ1) is 9.15. The molecule has 3 N–H and O–H groups in total. The molecule has 1 aliphatic rings. The molecule has 6 nitrogen and oxygen atoms in total. The molecule has 1 aliphatic carbocycles. The molecule has 0 radical (unpaired) electrons. The monoisotopic (exact) mass is 265 g/mol. The average Bonchev–Trinajstić information content (AvgIpc) is 3.00. The highest BCUT2D eigenvalue weighted by atomic mass is 16.2. The standard InChI is InChI=1S/C13H23N5O/c1-17(12-4-2-3-5-12)7-6-15-13(19)10-18-9-11(14)8-16-18/h8-9,12H,2-7,10,14H2,1H3,(H,15,19). The van der Waals surface area contributed by atoms with Crippen molar-refractivity contribution in [3.05, 3.63) is 12.4 Å². The molecule has 6 heteroatoms. The summed E-state index contributed by atoms with van der Waals surface area (Å²) in [5.41, 5.74) is 6.12. The fourth-order valence-corrected chi connectivity index (χ4v) is 2.57. The van der Waals surface area contributed by atoms with Gasteiger partial charge in [0.05, 0.1) is 11.9 Å². The summed E-state index contributed by atoms with van der Waals surface area (Å²) >= 11 is 0. The second-order valence-electron chi connectivity index (χ2n) is 5.24. The van der Waals surface area contributed by atoms with Crippen LogP contribution < -0.4 is 11.1 Å². The number of anilines is 1. The zero-order valence-corrected chi connectivity index (χ0v) is 11.5. The first-order valence-corrected chi connectivity index (χ1v) is 6.90. The van der Waals surface area contributed by atoms with E-state index in [0.717, 1.165) is 6.54 Å². The van der Waals surface area contributed by atoms with Gasteiger partial charge in [0.2, 0.25) is 5.91 Å². The van der Waals surface area contributed by atoms with Crippen LogP contribution >= 0.6 is 0 Å². The minimum Gasteiger partial charge on any atom is -0.396 e. The summed E-state index contributed by atoms with van der Waals surface area (Å²) in [6, 6.07) is 0.697. The van der Waals surface area contributed by atoms with Crippen molar-refractivity contribution in [3.8, 4) is 0 Å². The number of nitrogens with one attached hydrogen (secondary N) is 1. The minimum absolute atomic E-state index is 0.0251. The van der Waals surface area contributed by atoms with Crippen LogP contribution in [0.25, 0.3) is 0 Å². The first kappa shape index (κ1) is 13.9. The van der Waals surface area contributed by atoms with Gasteiger partial charge in [0.15, 0.2) is 0 Å². The number of hydrogen-bond acceptors (Lipinski definition) is 4. The molecule has 0 unspecified atom stereocenters. The zero-order chi connectivity index (χ0) is 13.7. The number of rotatable bonds is 6. The lowest BCUT2D eigenvalue weighted by Gasteiger charge is -2.23. The topological polar surface area (TPSA) is 76.2 Å². The Morgan fingerprint density at radius 2 is 2.32 bits per heavy atom. The first-order valence-electron chi connectivity index (χ1n) is 6.90. The number of nitrogens with two attached hydrogens (primary N) is 1. The highest BCUT2D eigenvalue weighted by molar-refractivity contribution is 5.75. The summed E-state index contributed by atoms with van der Waals surface area (Å²) in [6.07, 6.45) is 8.45. The Morgan fingerprint density at radius 3 is 2.95 bits per heavy atom. The van der Waals surface area contributed by atoms with Crippen molar-refractivity contribution in [2.24, 2.45) is 0 Å². The van der Waals surface area contributed by atoms with Crippen molar-refractivity contribution in [2.75, 3.05) is 25.9 Å². The van der Waals surface area contributed by atoms with Gasteiger partial charge in [-0.1, -0.05) is 12.8 Å². The Morgan fingerprint density at radius 1 is 1.58 bits per heavy atom. The molecule has 0 bridgehead atoms. The number of likely N-dealkylation sites (N-methyl/N-ethyl adjacent to an activating group) is 1. The summed E-state index contributed by atoms with van der Waals surface area (Å²) in [4.78, 5) is 14.0. The van der Waals surface area contributed by atoms with Crippen LogP contribution in [0, 0.1) is 0 Å². The second kappa shape index (κ2) is 6.56. The van der Waals surface area contributed by atoms with Crippen molar-refractivity contribution in [2.45, 2.75) is 38.3 Å². The fraction of sp³-hybridized carbons (Fsp3) is 0.692. The van der Waals surface area contributed by atoms with E-state index in [-0.39, 0.29) is 12.5 Å². The van der Waals surface area contributed by atoms with Crippen LogP contribution in [-0.4, -0.2) is 46.8 Å². The predicted molar refractivity (Wildman–Crippen MR) is 74.5 cm³/mol. The van der Waals surface area contributed by atoms with Gasteiger partial charge < -0.3 is 16.0 Å². The van der Waals surface area contributed by atoms with Gasteiger partial charge in [0, 0.05) is 25.3 Å². The highest BCUT2D eigenvalue weighted by Crippen LogP contribution is 2.21. The summed E-state index contributed by atoms with van der Waals surface area (Å²) in [5, 5.41) is 6.89. The quantitative estimate of drug-likeness (QED) is 0.783. The van der Waals surface area contributed by atoms with E-state index in [9.17, 15) is 4.79 Å². The van der Waals surface area contributed by atoms with Gasteiger partial charge in [0.25, 0.3) is 0 Å². The summed E-state index contributed by atoms with van der Waals surface area (Å²) in [7, 11) is 2.14. The van der Waals surface area contributed by atoms with Crippen molar-refractivity contribution in [3.63, 3.8) is 0 Å². The molecule has 1 amide bonds. The molecule has 1 saturated carbocycles. The Kier molecular flexibility index (Phi) is 4.79. The normalized spacial score (nSPS) is 16.1. The maximum atomic E-state index is 11.7. The largest absolute Gasteiger partial charge is 0.396 e. The molecule has 106 valence electrons. The van der Waals surface area contributed by atoms with Crippen LogP contribution in [0.5, 0.6) is 0 Å². The number of nitrogen functional groups attached to an aromatic ring is 1. The highest BCUT2D eigenvalue weighted by Gasteiger charge is 2.18. The summed E-state index contributed by atoms with van der Waals surface area (Å²) < 4.78 is 1.55. The van der Waals surface area contributed by atoms with E-state index in [4.69, 9.17) is 5.73 Å². The second-order valence-corrected chi connectivity index (χ2v) is 5.24. The van der Waals surface area contributed by atoms with Crippen molar-refractivity contribution < 1.29 is 4.79 Å². The lowest BCUT2D eigenvalue weighted by molar-refractivity contribution is -0.121. The van der Waals surface area contributed by atoms with Gasteiger partial charge in [-0.15, -0.1) is 0 Å². The van der Waals surface area contributed by atoms with E-state index < -0.39 is 0 Å². The van der Waals surface area contributed by atoms with Crippen molar-refractivity contribution in [1.82, 2.24) is 20.0 Å². The SMILES string of the molecule is CN(CCNC(=O)Cn1cc(N)cn1)C1CCCC1. The zero-order valence-electron chi connectivity index (χ0n) is 11.5. The maximum absolute atomic E-state index is 11.7. The molecule has 1 heterocycles. The van der Waals surface area contributed by atoms with E-state index in [0.29, 0.717) is 18.3 Å². The van der Waals surface area contributed by atoms with E-state index in [1.54, 1.807) is 17.1 Å². The summed E-state index contributed by atoms with van der Waals surface area (Å²) in [5.74, 6) is -0.0251. The lowest BCUT2D eigenvalue weighted by atomic mass is 10.2. The molecule has 1 aromatic heterocycles. The van der Waals surface area contributed by atoms with E-state index >= 15 is 0 Å². The molecule has 1 aromatic rings. The van der Waals surface area contributed by atoms with Crippen LogP contribution in [0.15, 0.2) is 12.4 Å². The molecule has 2 rings (SSSR count). The van der Waals surface area contributed by atoms with E-state index in [1.807, 2.05) is 0 Å². The number of carbonyl (C=O) groups is 1. The number of nitrogens with zero attached hydrogens (tertiary/aromatic N) is 3. The van der Waals surface area contributed by atoms with Gasteiger partial charge in [-0.05, 0) is 19.9 Å². The maximum Gasteiger partial charge on any atom is 0.241 e. The third-order valence-corrected chi connectivity index (χ3v) is 3.69. The van der Waals surface area contributed by atoms with Crippen LogP contribution in [0.1, 0.15) is 25.7 Å². The van der Waals surface area contributed by atoms with Gasteiger partial charge in [0.1, 0.15) is 6.54 Å². The fourth-order valence-electron chi connectivity index (χ4n) is 2.57. The Balaban J connectivity index is 1.63. The smallest absolute Gasteiger partial charge is 0.241 e. The third-order valence-electron chi connectivity index (χ3n) is 3.69. The van der Waals surface area contributed by atoms with Crippen LogP contribution in [0.3, 0.4) is 0 Å². The summed E-state index contributed by atoms with van der Waals surface area (Å²) in [6.45, 7) is 1.81.